The van der Waals surface area contributed by atoms with Crippen LogP contribution in [-0.2, 0) is 17.6 Å². The van der Waals surface area contributed by atoms with Crippen LogP contribution < -0.4 is 4.90 Å². The van der Waals surface area contributed by atoms with Gasteiger partial charge < -0.3 is 4.90 Å². The Hall–Kier alpha value is -2.23. The van der Waals surface area contributed by atoms with E-state index in [2.05, 4.69) is 23.0 Å². The molecule has 0 N–H and O–H groups in total. The second kappa shape index (κ2) is 6.26. The molecule has 2 aromatic rings. The molecule has 0 aliphatic carbocycles. The number of hydrogen-bond donors (Lipinski definition) is 0. The SMILES string of the molecule is CCc1cc(C[C@@H]2CC(=O)N(c3ccccc3)C2)nc(C)n1. The third kappa shape index (κ3) is 3.16. The van der Waals surface area contributed by atoms with Gasteiger partial charge in [-0.3, -0.25) is 4.79 Å². The average molecular weight is 295 g/mol. The number of para-hydroxylation sites is 1. The predicted octanol–water partition coefficient (Wildman–Crippen LogP) is 2.94. The van der Waals surface area contributed by atoms with Gasteiger partial charge >= 0.3 is 0 Å². The molecule has 22 heavy (non-hydrogen) atoms. The van der Waals surface area contributed by atoms with Crippen molar-refractivity contribution in [2.24, 2.45) is 5.92 Å². The van der Waals surface area contributed by atoms with Crippen LogP contribution in [0.4, 0.5) is 5.69 Å². The van der Waals surface area contributed by atoms with E-state index >= 15 is 0 Å². The van der Waals surface area contributed by atoms with Crippen molar-refractivity contribution in [3.05, 3.63) is 53.6 Å². The minimum Gasteiger partial charge on any atom is -0.312 e. The van der Waals surface area contributed by atoms with Crippen LogP contribution >= 0.6 is 0 Å². The summed E-state index contributed by atoms with van der Waals surface area (Å²) in [5.41, 5.74) is 3.12. The smallest absolute Gasteiger partial charge is 0.227 e. The lowest BCUT2D eigenvalue weighted by Crippen LogP contribution is -2.24. The molecule has 2 heterocycles. The minimum absolute atomic E-state index is 0.206. The minimum atomic E-state index is 0.206. The molecule has 4 nitrogen and oxygen atoms in total. The number of hydrogen-bond acceptors (Lipinski definition) is 3. The quantitative estimate of drug-likeness (QED) is 0.871. The Balaban J connectivity index is 1.73. The zero-order valence-corrected chi connectivity index (χ0v) is 13.1. The third-order valence-electron chi connectivity index (χ3n) is 4.08. The van der Waals surface area contributed by atoms with Gasteiger partial charge in [0.05, 0.1) is 0 Å². The topological polar surface area (TPSA) is 46.1 Å². The molecule has 1 fully saturated rings. The summed E-state index contributed by atoms with van der Waals surface area (Å²) in [4.78, 5) is 23.1. The lowest BCUT2D eigenvalue weighted by atomic mass is 10.0. The van der Waals surface area contributed by atoms with Crippen molar-refractivity contribution in [2.75, 3.05) is 11.4 Å². The van der Waals surface area contributed by atoms with Gasteiger partial charge in [-0.05, 0) is 43.9 Å². The van der Waals surface area contributed by atoms with Gasteiger partial charge in [-0.1, -0.05) is 25.1 Å². The second-order valence-electron chi connectivity index (χ2n) is 5.87. The Morgan fingerprint density at radius 2 is 1.91 bits per heavy atom. The average Bonchev–Trinajstić information content (AvgIpc) is 2.88. The first-order chi connectivity index (χ1) is 10.7. The highest BCUT2D eigenvalue weighted by Crippen LogP contribution is 2.26. The molecule has 0 saturated carbocycles. The van der Waals surface area contributed by atoms with Crippen LogP contribution in [0.15, 0.2) is 36.4 Å². The maximum atomic E-state index is 12.3. The summed E-state index contributed by atoms with van der Waals surface area (Å²) >= 11 is 0. The lowest BCUT2D eigenvalue weighted by Gasteiger charge is -2.16. The van der Waals surface area contributed by atoms with E-state index in [1.54, 1.807) is 0 Å². The van der Waals surface area contributed by atoms with Crippen LogP contribution in [0, 0.1) is 12.8 Å². The second-order valence-corrected chi connectivity index (χ2v) is 5.87. The molecule has 3 rings (SSSR count). The number of carbonyl (C=O) groups excluding carboxylic acids is 1. The number of aryl methyl sites for hydroxylation is 2. The number of anilines is 1. The molecule has 0 bridgehead atoms. The Kier molecular flexibility index (Phi) is 4.18. The first-order valence-corrected chi connectivity index (χ1v) is 7.84. The standard InChI is InChI=1S/C18H21N3O/c1-3-15-11-16(20-13(2)19-15)9-14-10-18(22)21(12-14)17-7-5-4-6-8-17/h4-8,11,14H,3,9-10,12H2,1-2H3/t14-/m1/s1. The molecule has 1 aromatic heterocycles. The van der Waals surface area contributed by atoms with Crippen molar-refractivity contribution in [3.8, 4) is 0 Å². The van der Waals surface area contributed by atoms with Gasteiger partial charge in [-0.2, -0.15) is 0 Å². The number of aromatic nitrogens is 2. The van der Waals surface area contributed by atoms with Crippen molar-refractivity contribution in [2.45, 2.75) is 33.1 Å². The summed E-state index contributed by atoms with van der Waals surface area (Å²) in [6.45, 7) is 4.80. The third-order valence-corrected chi connectivity index (χ3v) is 4.08. The number of amides is 1. The first kappa shape index (κ1) is 14.7. The number of benzene rings is 1. The highest BCUT2D eigenvalue weighted by molar-refractivity contribution is 5.95. The van der Waals surface area contributed by atoms with E-state index < -0.39 is 0 Å². The van der Waals surface area contributed by atoms with Gasteiger partial charge in [0.2, 0.25) is 5.91 Å². The Morgan fingerprint density at radius 1 is 1.18 bits per heavy atom. The Morgan fingerprint density at radius 3 is 2.64 bits per heavy atom. The zero-order chi connectivity index (χ0) is 15.5. The molecule has 1 aliphatic heterocycles. The number of carbonyl (C=O) groups is 1. The molecule has 1 atom stereocenters. The van der Waals surface area contributed by atoms with Gasteiger partial charge in [0.25, 0.3) is 0 Å². The Labute approximate surface area is 131 Å². The van der Waals surface area contributed by atoms with Crippen molar-refractivity contribution < 1.29 is 4.79 Å². The molecule has 0 unspecified atom stereocenters. The van der Waals surface area contributed by atoms with Crippen LogP contribution in [0.1, 0.15) is 30.6 Å². The molecule has 1 amide bonds. The van der Waals surface area contributed by atoms with Gasteiger partial charge in [-0.25, -0.2) is 9.97 Å². The highest BCUT2D eigenvalue weighted by atomic mass is 16.2. The van der Waals surface area contributed by atoms with E-state index in [0.29, 0.717) is 12.3 Å². The summed E-state index contributed by atoms with van der Waals surface area (Å²) < 4.78 is 0. The van der Waals surface area contributed by atoms with Crippen molar-refractivity contribution in [1.29, 1.82) is 0 Å². The normalized spacial score (nSPS) is 18.0. The fraction of sp³-hybridized carbons (Fsp3) is 0.389. The zero-order valence-electron chi connectivity index (χ0n) is 13.1. The lowest BCUT2D eigenvalue weighted by molar-refractivity contribution is -0.117. The van der Waals surface area contributed by atoms with Gasteiger partial charge in [-0.15, -0.1) is 0 Å². The summed E-state index contributed by atoms with van der Waals surface area (Å²) in [5, 5.41) is 0. The van der Waals surface area contributed by atoms with Crippen molar-refractivity contribution >= 4 is 11.6 Å². The molecular formula is C18H21N3O. The van der Waals surface area contributed by atoms with Crippen molar-refractivity contribution in [1.82, 2.24) is 9.97 Å². The molecule has 1 aromatic carbocycles. The maximum Gasteiger partial charge on any atom is 0.227 e. The number of nitrogens with zero attached hydrogens (tertiary/aromatic N) is 3. The van der Waals surface area contributed by atoms with E-state index in [9.17, 15) is 4.79 Å². The monoisotopic (exact) mass is 295 g/mol. The predicted molar refractivity (Wildman–Crippen MR) is 86.8 cm³/mol. The summed E-state index contributed by atoms with van der Waals surface area (Å²) in [6.07, 6.45) is 2.35. The van der Waals surface area contributed by atoms with Crippen LogP contribution in [0.2, 0.25) is 0 Å². The number of rotatable bonds is 4. The van der Waals surface area contributed by atoms with Crippen molar-refractivity contribution in [3.63, 3.8) is 0 Å². The highest BCUT2D eigenvalue weighted by Gasteiger charge is 2.30. The fourth-order valence-electron chi connectivity index (χ4n) is 3.05. The summed E-state index contributed by atoms with van der Waals surface area (Å²) in [6, 6.07) is 12.0. The summed E-state index contributed by atoms with van der Waals surface area (Å²) in [5.74, 6) is 1.35. The molecular weight excluding hydrogens is 274 g/mol. The summed E-state index contributed by atoms with van der Waals surface area (Å²) in [7, 11) is 0. The molecule has 0 radical (unpaired) electrons. The first-order valence-electron chi connectivity index (χ1n) is 7.84. The molecule has 1 aliphatic rings. The van der Waals surface area contributed by atoms with Gasteiger partial charge in [0, 0.05) is 30.0 Å². The van der Waals surface area contributed by atoms with E-state index in [1.165, 1.54) is 0 Å². The largest absolute Gasteiger partial charge is 0.312 e. The fourth-order valence-corrected chi connectivity index (χ4v) is 3.05. The Bertz CT molecular complexity index is 669. The molecule has 0 spiro atoms. The van der Waals surface area contributed by atoms with E-state index in [1.807, 2.05) is 42.2 Å². The molecule has 4 heteroatoms. The van der Waals surface area contributed by atoms with Gasteiger partial charge in [0.15, 0.2) is 0 Å². The van der Waals surface area contributed by atoms with Crippen LogP contribution in [0.5, 0.6) is 0 Å². The van der Waals surface area contributed by atoms with E-state index in [4.69, 9.17) is 0 Å². The van der Waals surface area contributed by atoms with Gasteiger partial charge in [0.1, 0.15) is 5.82 Å². The molecule has 114 valence electrons. The van der Waals surface area contributed by atoms with Crippen LogP contribution in [0.25, 0.3) is 0 Å². The maximum absolute atomic E-state index is 12.3. The van der Waals surface area contributed by atoms with E-state index in [0.717, 1.165) is 42.3 Å². The van der Waals surface area contributed by atoms with Crippen LogP contribution in [0.3, 0.4) is 0 Å². The van der Waals surface area contributed by atoms with Crippen LogP contribution in [-0.4, -0.2) is 22.4 Å². The van der Waals surface area contributed by atoms with E-state index in [-0.39, 0.29) is 5.91 Å². The molecule has 1 saturated heterocycles.